The van der Waals surface area contributed by atoms with Crippen LogP contribution in [0.2, 0.25) is 10.0 Å². The number of carbonyl (C=O) groups is 2. The Bertz CT molecular complexity index is 1430. The first-order valence-corrected chi connectivity index (χ1v) is 14.7. The van der Waals surface area contributed by atoms with Crippen LogP contribution in [0.25, 0.3) is 0 Å². The van der Waals surface area contributed by atoms with Gasteiger partial charge in [0, 0.05) is 41.3 Å². The third kappa shape index (κ3) is 8.10. The quantitative estimate of drug-likeness (QED) is 0.419. The fraction of sp³-hybridized carbons (Fsp3) is 0.423. The zero-order chi connectivity index (χ0) is 29.7. The number of hydrogen-bond donors (Lipinski definition) is 2. The van der Waals surface area contributed by atoms with Gasteiger partial charge in [0.1, 0.15) is 6.42 Å². The Labute approximate surface area is 240 Å². The highest BCUT2D eigenvalue weighted by Gasteiger charge is 2.36. The van der Waals surface area contributed by atoms with E-state index in [2.05, 4.69) is 10.6 Å². The molecule has 1 fully saturated rings. The lowest BCUT2D eigenvalue weighted by Gasteiger charge is -2.33. The zero-order valence-corrected chi connectivity index (χ0v) is 23.8. The van der Waals surface area contributed by atoms with Crippen molar-refractivity contribution >= 4 is 44.9 Å². The van der Waals surface area contributed by atoms with Gasteiger partial charge in [-0.1, -0.05) is 30.1 Å². The summed E-state index contributed by atoms with van der Waals surface area (Å²) in [5, 5.41) is 13.8. The maximum atomic E-state index is 14.1. The molecule has 14 heteroatoms. The molecule has 2 amide bonds. The lowest BCUT2D eigenvalue weighted by atomic mass is 9.99. The second kappa shape index (κ2) is 13.2. The molecule has 0 aliphatic carbocycles. The minimum Gasteiger partial charge on any atom is -0.351 e. The maximum Gasteiger partial charge on any atom is 0.416 e. The summed E-state index contributed by atoms with van der Waals surface area (Å²) in [6.45, 7) is 1.75. The first kappa shape index (κ1) is 31.7. The van der Waals surface area contributed by atoms with Crippen molar-refractivity contribution in [2.45, 2.75) is 56.4 Å². The zero-order valence-electron chi connectivity index (χ0n) is 21.4. The van der Waals surface area contributed by atoms with Gasteiger partial charge < -0.3 is 10.6 Å². The van der Waals surface area contributed by atoms with Crippen LogP contribution in [0.3, 0.4) is 0 Å². The van der Waals surface area contributed by atoms with Crippen LogP contribution in [-0.2, 0) is 33.9 Å². The Kier molecular flexibility index (Phi) is 10.5. The van der Waals surface area contributed by atoms with E-state index >= 15 is 0 Å². The number of amides is 2. The predicted octanol–water partition coefficient (Wildman–Crippen LogP) is 4.73. The summed E-state index contributed by atoms with van der Waals surface area (Å²) in [6.07, 6.45) is -3.88. The van der Waals surface area contributed by atoms with Gasteiger partial charge in [0.05, 0.1) is 22.3 Å². The van der Waals surface area contributed by atoms with Gasteiger partial charge >= 0.3 is 6.18 Å². The minimum atomic E-state index is -4.82. The number of carbonyl (C=O) groups excluding carboxylic acids is 2. The van der Waals surface area contributed by atoms with E-state index in [4.69, 9.17) is 28.5 Å². The number of benzene rings is 2. The average molecular weight is 619 g/mol. The molecule has 1 atom stereocenters. The number of likely N-dealkylation sites (tertiary alicyclic amines) is 1. The molecule has 1 aliphatic rings. The highest BCUT2D eigenvalue weighted by Crippen LogP contribution is 2.37. The van der Waals surface area contributed by atoms with Crippen LogP contribution in [0.15, 0.2) is 35.2 Å². The lowest BCUT2D eigenvalue weighted by Crippen LogP contribution is -2.47. The molecule has 0 unspecified atom stereocenters. The Morgan fingerprint density at radius 1 is 1.20 bits per heavy atom. The molecule has 1 saturated heterocycles. The largest absolute Gasteiger partial charge is 0.416 e. The van der Waals surface area contributed by atoms with E-state index in [0.29, 0.717) is 25.5 Å². The first-order chi connectivity index (χ1) is 18.7. The molecular weight excluding hydrogens is 592 g/mol. The van der Waals surface area contributed by atoms with Gasteiger partial charge in [-0.25, -0.2) is 8.42 Å². The number of halogens is 5. The summed E-state index contributed by atoms with van der Waals surface area (Å²) in [6, 6.07) is 7.37. The van der Waals surface area contributed by atoms with E-state index in [1.807, 2.05) is 0 Å². The van der Waals surface area contributed by atoms with Crippen molar-refractivity contribution in [3.8, 4) is 6.07 Å². The van der Waals surface area contributed by atoms with Crippen LogP contribution >= 0.6 is 23.2 Å². The Morgan fingerprint density at radius 3 is 2.58 bits per heavy atom. The normalized spacial score (nSPS) is 16.3. The lowest BCUT2D eigenvalue weighted by molar-refractivity contribution is -0.138. The van der Waals surface area contributed by atoms with Gasteiger partial charge in [0.25, 0.3) is 5.91 Å². The smallest absolute Gasteiger partial charge is 0.351 e. The van der Waals surface area contributed by atoms with Gasteiger partial charge in [0.2, 0.25) is 5.91 Å². The highest BCUT2D eigenvalue weighted by molar-refractivity contribution is 7.91. The van der Waals surface area contributed by atoms with Crippen LogP contribution in [0.1, 0.15) is 53.2 Å². The van der Waals surface area contributed by atoms with E-state index in [0.717, 1.165) is 6.07 Å². The van der Waals surface area contributed by atoms with Gasteiger partial charge in [0.15, 0.2) is 9.84 Å². The molecule has 0 spiro atoms. The minimum absolute atomic E-state index is 0.0345. The van der Waals surface area contributed by atoms with Crippen LogP contribution in [0.5, 0.6) is 0 Å². The number of nitrogens with zero attached hydrogens (tertiary/aromatic N) is 2. The number of sulfone groups is 1. The van der Waals surface area contributed by atoms with E-state index < -0.39 is 33.4 Å². The van der Waals surface area contributed by atoms with E-state index in [1.54, 1.807) is 11.0 Å². The summed E-state index contributed by atoms with van der Waals surface area (Å²) < 4.78 is 67.1. The number of alkyl halides is 3. The van der Waals surface area contributed by atoms with Crippen LogP contribution < -0.4 is 10.6 Å². The monoisotopic (exact) mass is 618 g/mol. The fourth-order valence-electron chi connectivity index (χ4n) is 4.50. The van der Waals surface area contributed by atoms with Gasteiger partial charge in [-0.05, 0) is 60.8 Å². The third-order valence-electron chi connectivity index (χ3n) is 6.43. The molecular formula is C26H27Cl2F3N4O4S. The summed E-state index contributed by atoms with van der Waals surface area (Å²) >= 11 is 12.3. The van der Waals surface area contributed by atoms with Crippen molar-refractivity contribution in [2.24, 2.45) is 0 Å². The van der Waals surface area contributed by atoms with Gasteiger partial charge in [-0.2, -0.15) is 18.4 Å². The molecule has 3 rings (SSSR count). The third-order valence-corrected chi connectivity index (χ3v) is 8.83. The summed E-state index contributed by atoms with van der Waals surface area (Å²) in [4.78, 5) is 26.3. The highest BCUT2D eigenvalue weighted by atomic mass is 35.5. The molecule has 0 bridgehead atoms. The Hall–Kier alpha value is -2.85. The Morgan fingerprint density at radius 2 is 1.93 bits per heavy atom. The molecule has 0 radical (unpaired) electrons. The van der Waals surface area contributed by atoms with Crippen LogP contribution in [0.4, 0.5) is 13.2 Å². The number of rotatable bonds is 9. The van der Waals surface area contributed by atoms with Gasteiger partial charge in [-0.15, -0.1) is 0 Å². The molecule has 2 aromatic rings. The fourth-order valence-corrected chi connectivity index (χ4v) is 6.09. The second-order valence-corrected chi connectivity index (χ2v) is 12.4. The molecule has 40 heavy (non-hydrogen) atoms. The molecule has 2 aromatic carbocycles. The number of hydrogen-bond acceptors (Lipinski definition) is 6. The molecule has 0 saturated carbocycles. The second-order valence-electron chi connectivity index (χ2n) is 9.30. The molecule has 1 aliphatic heterocycles. The average Bonchev–Trinajstić information content (AvgIpc) is 2.87. The Balaban J connectivity index is 1.82. The topological polar surface area (TPSA) is 119 Å². The van der Waals surface area contributed by atoms with Crippen LogP contribution in [-0.4, -0.2) is 50.0 Å². The number of nitriles is 1. The number of nitrogens with one attached hydrogen (secondary N) is 2. The first-order valence-electron chi connectivity index (χ1n) is 12.3. The summed E-state index contributed by atoms with van der Waals surface area (Å²) in [5.41, 5.74) is -1.43. The number of piperidine rings is 1. The van der Waals surface area contributed by atoms with Gasteiger partial charge in [-0.3, -0.25) is 14.5 Å². The molecule has 0 aromatic heterocycles. The van der Waals surface area contributed by atoms with Crippen molar-refractivity contribution in [3.05, 3.63) is 62.6 Å². The van der Waals surface area contributed by atoms with E-state index in [-0.39, 0.29) is 69.5 Å². The van der Waals surface area contributed by atoms with Crippen LogP contribution in [0, 0.1) is 11.3 Å². The SMILES string of the molecule is CCS(=O)(=O)c1ccc(Cl)cc1CNC(=O)c1cc(Cl)c(CN2CCC[C@H](NC(=O)CC#N)C2)c(C(F)(F)F)c1. The van der Waals surface area contributed by atoms with E-state index in [9.17, 15) is 31.2 Å². The molecule has 2 N–H and O–H groups in total. The standard InChI is InChI=1S/C26H27Cl2F3N4O4S/c1-2-40(38,39)23-6-5-18(27)10-17(23)13-33-25(37)16-11-21(26(29,30)31)20(22(28)12-16)15-35-9-3-4-19(14-35)34-24(36)7-8-32/h5-6,10-12,19H,2-4,7,9,13-15H2,1H3,(H,33,37)(H,34,36)/t19-/m0/s1. The molecule has 8 nitrogen and oxygen atoms in total. The van der Waals surface area contributed by atoms with E-state index in [1.165, 1.54) is 25.1 Å². The maximum absolute atomic E-state index is 14.1. The van der Waals surface area contributed by atoms with Crippen molar-refractivity contribution < 1.29 is 31.2 Å². The summed E-state index contributed by atoms with van der Waals surface area (Å²) in [5.74, 6) is -1.51. The summed E-state index contributed by atoms with van der Waals surface area (Å²) in [7, 11) is -3.65. The van der Waals surface area contributed by atoms with Crippen molar-refractivity contribution in [1.82, 2.24) is 15.5 Å². The predicted molar refractivity (Wildman–Crippen MR) is 143 cm³/mol. The molecule has 1 heterocycles. The van der Waals surface area contributed by atoms with Crippen molar-refractivity contribution in [2.75, 3.05) is 18.8 Å². The van der Waals surface area contributed by atoms with Crippen molar-refractivity contribution in [3.63, 3.8) is 0 Å². The van der Waals surface area contributed by atoms with Crippen molar-refractivity contribution in [1.29, 1.82) is 5.26 Å². The molecule has 216 valence electrons.